The molecule has 0 N–H and O–H groups in total. The molecule has 5 aromatic rings. The number of halogens is 1. The van der Waals surface area contributed by atoms with Gasteiger partial charge in [-0.3, -0.25) is 13.8 Å². The molecule has 2 aromatic heterocycles. The fourth-order valence-electron chi connectivity index (χ4n) is 3.84. The Labute approximate surface area is 191 Å². The number of hydrogen-bond acceptors (Lipinski definition) is 3. The fraction of sp³-hybridized carbons (Fsp3) is 0.0833. The van der Waals surface area contributed by atoms with E-state index in [0.29, 0.717) is 11.9 Å². The Morgan fingerprint density at radius 2 is 1.67 bits per heavy atom. The van der Waals surface area contributed by atoms with Crippen molar-refractivity contribution in [1.82, 2.24) is 8.97 Å². The molecule has 0 aliphatic carbocycles. The summed E-state index contributed by atoms with van der Waals surface area (Å²) in [6.07, 6.45) is 0. The number of fused-ring (bicyclic) bond motifs is 3. The predicted octanol–water partition coefficient (Wildman–Crippen LogP) is 6.83. The number of nitrogens with zero attached hydrogens (tertiary/aromatic N) is 2. The van der Waals surface area contributed by atoms with Crippen molar-refractivity contribution in [2.45, 2.75) is 13.5 Å². The normalized spacial score (nSPS) is 11.4. The van der Waals surface area contributed by atoms with E-state index < -0.39 is 0 Å². The van der Waals surface area contributed by atoms with Crippen LogP contribution in [-0.4, -0.2) is 8.97 Å². The summed E-state index contributed by atoms with van der Waals surface area (Å²) in [6.45, 7) is 2.57. The summed E-state index contributed by atoms with van der Waals surface area (Å²) >= 11 is 10.8. The Hall–Kier alpha value is -2.54. The first kappa shape index (κ1) is 19.4. The van der Waals surface area contributed by atoms with Gasteiger partial charge in [-0.1, -0.05) is 64.5 Å². The van der Waals surface area contributed by atoms with E-state index >= 15 is 0 Å². The van der Waals surface area contributed by atoms with Crippen LogP contribution in [0.25, 0.3) is 27.0 Å². The molecule has 0 spiro atoms. The van der Waals surface area contributed by atoms with Crippen LogP contribution in [0.4, 0.5) is 0 Å². The van der Waals surface area contributed by atoms with E-state index in [0.717, 1.165) is 41.2 Å². The molecule has 0 aliphatic rings. The molecule has 6 heteroatoms. The second kappa shape index (κ2) is 7.61. The van der Waals surface area contributed by atoms with Gasteiger partial charge in [-0.15, -0.1) is 11.3 Å². The van der Waals surface area contributed by atoms with Crippen molar-refractivity contribution in [2.24, 2.45) is 0 Å². The van der Waals surface area contributed by atoms with Gasteiger partial charge in [-0.2, -0.15) is 0 Å². The third-order valence-corrected chi connectivity index (χ3v) is 7.23. The van der Waals surface area contributed by atoms with Crippen LogP contribution in [-0.2, 0) is 6.54 Å². The van der Waals surface area contributed by atoms with Gasteiger partial charge in [0.25, 0.3) is 5.56 Å². The van der Waals surface area contributed by atoms with Crippen molar-refractivity contribution < 1.29 is 0 Å². The van der Waals surface area contributed by atoms with Crippen LogP contribution in [0.2, 0.25) is 0 Å². The van der Waals surface area contributed by atoms with Crippen molar-refractivity contribution in [1.29, 1.82) is 0 Å². The van der Waals surface area contributed by atoms with Gasteiger partial charge >= 0.3 is 0 Å². The number of thiazole rings is 1. The largest absolute Gasteiger partial charge is 0.288 e. The number of aromatic nitrogens is 2. The first-order valence-electron chi connectivity index (χ1n) is 9.52. The summed E-state index contributed by atoms with van der Waals surface area (Å²) in [6, 6.07) is 24.0. The van der Waals surface area contributed by atoms with E-state index in [2.05, 4.69) is 39.4 Å². The van der Waals surface area contributed by atoms with Gasteiger partial charge in [-0.25, -0.2) is 0 Å². The lowest BCUT2D eigenvalue weighted by Gasteiger charge is -2.14. The van der Waals surface area contributed by atoms with Crippen molar-refractivity contribution in [3.63, 3.8) is 0 Å². The zero-order chi connectivity index (χ0) is 20.8. The maximum Gasteiger partial charge on any atom is 0.261 e. The molecule has 0 aliphatic heterocycles. The van der Waals surface area contributed by atoms with Gasteiger partial charge in [-0.05, 0) is 60.1 Å². The third kappa shape index (κ3) is 3.16. The molecule has 0 saturated carbocycles. The second-order valence-electron chi connectivity index (χ2n) is 7.21. The number of aryl methyl sites for hydroxylation is 1. The van der Waals surface area contributed by atoms with Crippen molar-refractivity contribution in [2.75, 3.05) is 0 Å². The lowest BCUT2D eigenvalue weighted by molar-refractivity contribution is 0.780. The van der Waals surface area contributed by atoms with Gasteiger partial charge in [0.05, 0.1) is 22.3 Å². The zero-order valence-corrected chi connectivity index (χ0v) is 19.4. The Kier molecular flexibility index (Phi) is 4.93. The first-order chi connectivity index (χ1) is 14.5. The summed E-state index contributed by atoms with van der Waals surface area (Å²) in [5, 5.41) is 0.673. The minimum absolute atomic E-state index is 0.00356. The molecule has 3 aromatic carbocycles. The summed E-state index contributed by atoms with van der Waals surface area (Å²) in [4.78, 5) is 14.6. The first-order valence-corrected chi connectivity index (χ1v) is 11.5. The lowest BCUT2D eigenvalue weighted by atomic mass is 10.1. The summed E-state index contributed by atoms with van der Waals surface area (Å²) in [7, 11) is 0. The van der Waals surface area contributed by atoms with Crippen molar-refractivity contribution >= 4 is 56.0 Å². The van der Waals surface area contributed by atoms with E-state index in [1.165, 1.54) is 0 Å². The SMILES string of the molecule is Cc1ccccc1-c1sc(=S)n2c3ccccc3c(=O)n(Cc3ccc(Br)cc3)c12. The highest BCUT2D eigenvalue weighted by Crippen LogP contribution is 2.35. The van der Waals surface area contributed by atoms with Gasteiger partial charge in [0.2, 0.25) is 0 Å². The maximum absolute atomic E-state index is 13.6. The third-order valence-electron chi connectivity index (χ3n) is 5.31. The van der Waals surface area contributed by atoms with E-state index in [9.17, 15) is 4.79 Å². The predicted molar refractivity (Wildman–Crippen MR) is 131 cm³/mol. The van der Waals surface area contributed by atoms with E-state index in [1.807, 2.05) is 65.2 Å². The minimum atomic E-state index is -0.00356. The van der Waals surface area contributed by atoms with Gasteiger partial charge < -0.3 is 0 Å². The molecular formula is C24H17BrN2OS2. The Bertz CT molecular complexity index is 1530. The lowest BCUT2D eigenvalue weighted by Crippen LogP contribution is -2.23. The summed E-state index contributed by atoms with van der Waals surface area (Å²) in [5.74, 6) is 0. The number of benzene rings is 3. The monoisotopic (exact) mass is 492 g/mol. The number of hydrogen-bond donors (Lipinski definition) is 0. The molecule has 0 saturated heterocycles. The van der Waals surface area contributed by atoms with Crippen LogP contribution in [0, 0.1) is 10.9 Å². The van der Waals surface area contributed by atoms with Crippen LogP contribution >= 0.6 is 39.5 Å². The van der Waals surface area contributed by atoms with E-state index in [-0.39, 0.29) is 5.56 Å². The highest BCUT2D eigenvalue weighted by molar-refractivity contribution is 9.10. The van der Waals surface area contributed by atoms with E-state index in [1.54, 1.807) is 11.3 Å². The molecule has 0 atom stereocenters. The standard InChI is InChI=1S/C24H17BrN2OS2/c1-15-6-2-3-7-18(15)21-22-26(14-16-10-12-17(25)13-11-16)23(28)19-8-4-5-9-20(19)27(22)24(29)30-21/h2-13H,14H2,1H3. The fourth-order valence-corrected chi connectivity index (χ4v) is 5.62. The van der Waals surface area contributed by atoms with Crippen LogP contribution in [0.5, 0.6) is 0 Å². The average molecular weight is 493 g/mol. The molecule has 0 fully saturated rings. The van der Waals surface area contributed by atoms with Crippen LogP contribution in [0.15, 0.2) is 82.1 Å². The molecule has 5 rings (SSSR count). The quantitative estimate of drug-likeness (QED) is 0.258. The van der Waals surface area contributed by atoms with Crippen LogP contribution in [0.1, 0.15) is 11.1 Å². The molecule has 0 unspecified atom stereocenters. The average Bonchev–Trinajstić information content (AvgIpc) is 3.10. The van der Waals surface area contributed by atoms with Crippen molar-refractivity contribution in [3.05, 3.63) is 103 Å². The highest BCUT2D eigenvalue weighted by Gasteiger charge is 2.19. The van der Waals surface area contributed by atoms with Crippen LogP contribution in [0.3, 0.4) is 0 Å². The van der Waals surface area contributed by atoms with E-state index in [4.69, 9.17) is 12.2 Å². The van der Waals surface area contributed by atoms with Crippen LogP contribution < -0.4 is 5.56 Å². The second-order valence-corrected chi connectivity index (χ2v) is 9.77. The summed E-state index contributed by atoms with van der Waals surface area (Å²) in [5.41, 5.74) is 5.03. The molecule has 0 radical (unpaired) electrons. The smallest absolute Gasteiger partial charge is 0.261 e. The highest BCUT2D eigenvalue weighted by atomic mass is 79.9. The molecule has 2 heterocycles. The van der Waals surface area contributed by atoms with Gasteiger partial charge in [0, 0.05) is 4.47 Å². The maximum atomic E-state index is 13.6. The molecule has 0 bridgehead atoms. The minimum Gasteiger partial charge on any atom is -0.288 e. The zero-order valence-electron chi connectivity index (χ0n) is 16.1. The molecule has 30 heavy (non-hydrogen) atoms. The van der Waals surface area contributed by atoms with Gasteiger partial charge in [0.1, 0.15) is 5.65 Å². The van der Waals surface area contributed by atoms with Gasteiger partial charge in [0.15, 0.2) is 3.95 Å². The molecule has 3 nitrogen and oxygen atoms in total. The summed E-state index contributed by atoms with van der Waals surface area (Å²) < 4.78 is 5.67. The Morgan fingerprint density at radius 3 is 2.43 bits per heavy atom. The van der Waals surface area contributed by atoms with Crippen molar-refractivity contribution in [3.8, 4) is 10.4 Å². The number of para-hydroxylation sites is 1. The topological polar surface area (TPSA) is 26.4 Å². The molecular weight excluding hydrogens is 476 g/mol. The Morgan fingerprint density at radius 1 is 0.967 bits per heavy atom. The number of rotatable bonds is 3. The Balaban J connectivity index is 1.92. The molecule has 0 amide bonds. The molecule has 148 valence electrons.